The third-order valence-corrected chi connectivity index (χ3v) is 5.60. The van der Waals surface area contributed by atoms with E-state index in [1.54, 1.807) is 24.3 Å². The van der Waals surface area contributed by atoms with Crippen LogP contribution >= 0.6 is 0 Å². The summed E-state index contributed by atoms with van der Waals surface area (Å²) in [5.74, 6) is -1.34. The molecule has 11 nitrogen and oxygen atoms in total. The fourth-order valence-electron chi connectivity index (χ4n) is 2.79. The summed E-state index contributed by atoms with van der Waals surface area (Å²) in [7, 11) is -3.22. The molecule has 2 aromatic rings. The van der Waals surface area contributed by atoms with Gasteiger partial charge in [-0.25, -0.2) is 12.7 Å². The first-order chi connectivity index (χ1) is 12.7. The number of aromatic nitrogens is 4. The summed E-state index contributed by atoms with van der Waals surface area (Å²) in [4.78, 5) is 24.6. The van der Waals surface area contributed by atoms with E-state index in [2.05, 4.69) is 20.7 Å². The lowest BCUT2D eigenvalue weighted by Gasteiger charge is -2.29. The number of anilines is 1. The number of nitrogens with zero attached hydrogens (tertiary/aromatic N) is 5. The summed E-state index contributed by atoms with van der Waals surface area (Å²) in [6.45, 7) is 0.687. The number of hydrogen-bond donors (Lipinski definition) is 2. The lowest BCUT2D eigenvalue weighted by Crippen LogP contribution is -2.40. The number of amides is 2. The van der Waals surface area contributed by atoms with Gasteiger partial charge in [0.25, 0.3) is 11.7 Å². The Morgan fingerprint density at radius 1 is 1.19 bits per heavy atom. The SMILES string of the molecule is CS(=O)(=O)N1CCC(C(=O)Nc2ccc(-n3nnc(C(N)=O)n3)cc2)CC1. The maximum atomic E-state index is 12.4. The second-order valence-corrected chi connectivity index (χ2v) is 8.22. The molecule has 1 aromatic carbocycles. The summed E-state index contributed by atoms with van der Waals surface area (Å²) in [6, 6.07) is 6.67. The van der Waals surface area contributed by atoms with Crippen molar-refractivity contribution in [2.24, 2.45) is 11.7 Å². The van der Waals surface area contributed by atoms with Crippen molar-refractivity contribution in [3.05, 3.63) is 30.1 Å². The Labute approximate surface area is 155 Å². The van der Waals surface area contributed by atoms with Crippen LogP contribution in [0.25, 0.3) is 5.69 Å². The molecule has 0 atom stereocenters. The van der Waals surface area contributed by atoms with E-state index in [-0.39, 0.29) is 17.6 Å². The zero-order valence-electron chi connectivity index (χ0n) is 14.6. The van der Waals surface area contributed by atoms with Crippen LogP contribution in [0.15, 0.2) is 24.3 Å². The van der Waals surface area contributed by atoms with Crippen LogP contribution in [-0.2, 0) is 14.8 Å². The maximum Gasteiger partial charge on any atom is 0.290 e. The average molecular weight is 393 g/mol. The van der Waals surface area contributed by atoms with Gasteiger partial charge in [0, 0.05) is 24.7 Å². The van der Waals surface area contributed by atoms with Crippen molar-refractivity contribution < 1.29 is 18.0 Å². The van der Waals surface area contributed by atoms with Gasteiger partial charge in [0.2, 0.25) is 15.9 Å². The van der Waals surface area contributed by atoms with E-state index >= 15 is 0 Å². The number of benzene rings is 1. The molecule has 0 saturated carbocycles. The fourth-order valence-corrected chi connectivity index (χ4v) is 3.67. The first kappa shape index (κ1) is 18.9. The molecule has 0 bridgehead atoms. The van der Waals surface area contributed by atoms with Crippen LogP contribution in [0.1, 0.15) is 23.5 Å². The van der Waals surface area contributed by atoms with Crippen LogP contribution in [-0.4, -0.2) is 64.1 Å². The predicted molar refractivity (Wildman–Crippen MR) is 95.4 cm³/mol. The van der Waals surface area contributed by atoms with Crippen LogP contribution in [0.3, 0.4) is 0 Å². The standard InChI is InChI=1S/C15H19N7O4S/c1-27(25,26)21-8-6-10(7-9-21)15(24)17-11-2-4-12(5-3-11)22-19-14(13(16)23)18-20-22/h2-5,10H,6-9H2,1H3,(H2,16,23)(H,17,24). The molecule has 0 spiro atoms. The van der Waals surface area contributed by atoms with Gasteiger partial charge in [0.05, 0.1) is 11.9 Å². The van der Waals surface area contributed by atoms with Gasteiger partial charge < -0.3 is 11.1 Å². The second-order valence-electron chi connectivity index (χ2n) is 6.24. The van der Waals surface area contributed by atoms with E-state index in [9.17, 15) is 18.0 Å². The highest BCUT2D eigenvalue weighted by molar-refractivity contribution is 7.88. The molecule has 0 unspecified atom stereocenters. The number of nitrogens with two attached hydrogens (primary N) is 1. The van der Waals surface area contributed by atoms with E-state index in [0.29, 0.717) is 37.3 Å². The molecular formula is C15H19N7O4S. The maximum absolute atomic E-state index is 12.4. The molecular weight excluding hydrogens is 374 g/mol. The summed E-state index contributed by atoms with van der Waals surface area (Å²) in [5, 5.41) is 13.9. The monoisotopic (exact) mass is 393 g/mol. The van der Waals surface area contributed by atoms with Crippen molar-refractivity contribution in [3.8, 4) is 5.69 Å². The molecule has 1 aromatic heterocycles. The van der Waals surface area contributed by atoms with Gasteiger partial charge in [-0.3, -0.25) is 9.59 Å². The lowest BCUT2D eigenvalue weighted by atomic mass is 9.97. The Balaban J connectivity index is 1.59. The Bertz CT molecular complexity index is 947. The minimum absolute atomic E-state index is 0.147. The minimum Gasteiger partial charge on any atom is -0.363 e. The smallest absolute Gasteiger partial charge is 0.290 e. The van der Waals surface area contributed by atoms with E-state index in [4.69, 9.17) is 5.73 Å². The van der Waals surface area contributed by atoms with Gasteiger partial charge in [0.15, 0.2) is 0 Å². The average Bonchev–Trinajstić information content (AvgIpc) is 3.12. The van der Waals surface area contributed by atoms with E-state index in [1.165, 1.54) is 10.6 Å². The first-order valence-electron chi connectivity index (χ1n) is 8.20. The summed E-state index contributed by atoms with van der Waals surface area (Å²) >= 11 is 0. The Morgan fingerprint density at radius 3 is 2.33 bits per heavy atom. The second kappa shape index (κ2) is 7.40. The summed E-state index contributed by atoms with van der Waals surface area (Å²) in [5.41, 5.74) is 6.22. The van der Waals surface area contributed by atoms with E-state index < -0.39 is 15.9 Å². The number of piperidine rings is 1. The molecule has 2 heterocycles. The number of hydrogen-bond acceptors (Lipinski definition) is 7. The van der Waals surface area contributed by atoms with Crippen molar-refractivity contribution in [1.29, 1.82) is 0 Å². The molecule has 3 N–H and O–H groups in total. The highest BCUT2D eigenvalue weighted by atomic mass is 32.2. The molecule has 12 heteroatoms. The zero-order valence-corrected chi connectivity index (χ0v) is 15.4. The van der Waals surface area contributed by atoms with Crippen molar-refractivity contribution in [1.82, 2.24) is 24.5 Å². The molecule has 1 aliphatic heterocycles. The Kier molecular flexibility index (Phi) is 5.19. The topological polar surface area (TPSA) is 153 Å². The summed E-state index contributed by atoms with van der Waals surface area (Å²) in [6.07, 6.45) is 2.14. The van der Waals surface area contributed by atoms with Crippen LogP contribution in [0.2, 0.25) is 0 Å². The van der Waals surface area contributed by atoms with Crippen molar-refractivity contribution in [3.63, 3.8) is 0 Å². The van der Waals surface area contributed by atoms with Crippen molar-refractivity contribution in [2.75, 3.05) is 24.7 Å². The van der Waals surface area contributed by atoms with Crippen molar-refractivity contribution in [2.45, 2.75) is 12.8 Å². The van der Waals surface area contributed by atoms with Gasteiger partial charge in [-0.05, 0) is 42.3 Å². The number of primary amides is 1. The number of carbonyl (C=O) groups is 2. The third kappa shape index (κ3) is 4.46. The van der Waals surface area contributed by atoms with Crippen molar-refractivity contribution >= 4 is 27.5 Å². The molecule has 1 aliphatic rings. The highest BCUT2D eigenvalue weighted by Gasteiger charge is 2.28. The largest absolute Gasteiger partial charge is 0.363 e. The van der Waals surface area contributed by atoms with Gasteiger partial charge >= 0.3 is 0 Å². The molecule has 144 valence electrons. The van der Waals surface area contributed by atoms with Gasteiger partial charge in [-0.1, -0.05) is 0 Å². The third-order valence-electron chi connectivity index (χ3n) is 4.29. The quantitative estimate of drug-likeness (QED) is 0.686. The molecule has 1 saturated heterocycles. The fraction of sp³-hybridized carbons (Fsp3) is 0.400. The minimum atomic E-state index is -3.22. The number of tetrazole rings is 1. The number of rotatable bonds is 5. The lowest BCUT2D eigenvalue weighted by molar-refractivity contribution is -0.120. The molecule has 0 radical (unpaired) electrons. The van der Waals surface area contributed by atoms with E-state index in [1.807, 2.05) is 0 Å². The van der Waals surface area contributed by atoms with Gasteiger partial charge in [0.1, 0.15) is 0 Å². The molecule has 27 heavy (non-hydrogen) atoms. The van der Waals surface area contributed by atoms with Gasteiger partial charge in [-0.15, -0.1) is 15.0 Å². The van der Waals surface area contributed by atoms with Gasteiger partial charge in [-0.2, -0.15) is 0 Å². The highest BCUT2D eigenvalue weighted by Crippen LogP contribution is 2.21. The zero-order chi connectivity index (χ0) is 19.6. The van der Waals surface area contributed by atoms with E-state index in [0.717, 1.165) is 4.80 Å². The normalized spacial score (nSPS) is 16.2. The molecule has 3 rings (SSSR count). The Morgan fingerprint density at radius 2 is 1.81 bits per heavy atom. The van der Waals surface area contributed by atoms with Crippen LogP contribution in [0, 0.1) is 5.92 Å². The summed E-state index contributed by atoms with van der Waals surface area (Å²) < 4.78 is 24.4. The van der Waals surface area contributed by atoms with Crippen LogP contribution in [0.5, 0.6) is 0 Å². The molecule has 1 fully saturated rings. The number of carbonyl (C=O) groups excluding carboxylic acids is 2. The first-order valence-corrected chi connectivity index (χ1v) is 10.0. The van der Waals surface area contributed by atoms with Crippen LogP contribution < -0.4 is 11.1 Å². The predicted octanol–water partition coefficient (Wildman–Crippen LogP) is -0.629. The molecule has 0 aliphatic carbocycles. The molecule has 2 amide bonds. The Hall–Kier alpha value is -2.86. The van der Waals surface area contributed by atoms with Crippen LogP contribution in [0.4, 0.5) is 5.69 Å². The number of sulfonamides is 1. The number of nitrogens with one attached hydrogen (secondary N) is 1.